The van der Waals surface area contributed by atoms with Crippen molar-refractivity contribution in [2.75, 3.05) is 25.6 Å². The number of halogens is 2. The number of nitrogens with zero attached hydrogens (tertiary/aromatic N) is 1. The molecule has 4 aromatic rings. The average molecular weight is 463 g/mol. The minimum absolute atomic E-state index is 0.287. The molecule has 0 fully saturated rings. The number of hydrogen-bond donors (Lipinski definition) is 2. The predicted molar refractivity (Wildman–Crippen MR) is 126 cm³/mol. The first-order valence-corrected chi connectivity index (χ1v) is 10.7. The Bertz CT molecular complexity index is 1330. The molecule has 2 amide bonds. The third kappa shape index (κ3) is 5.29. The second-order valence-corrected chi connectivity index (χ2v) is 7.73. The molecule has 0 saturated carbocycles. The summed E-state index contributed by atoms with van der Waals surface area (Å²) in [4.78, 5) is 25.4. The maximum Gasteiger partial charge on any atom is 0.268 e. The number of rotatable bonds is 8. The fraction of sp³-hybridized carbons (Fsp3) is 0.154. The number of ether oxygens (including phenoxy) is 1. The smallest absolute Gasteiger partial charge is 0.268 e. The van der Waals surface area contributed by atoms with Crippen LogP contribution in [-0.4, -0.2) is 36.6 Å². The fourth-order valence-electron chi connectivity index (χ4n) is 3.69. The van der Waals surface area contributed by atoms with Gasteiger partial charge in [-0.05, 0) is 66.2 Å². The van der Waals surface area contributed by atoms with Gasteiger partial charge in [0, 0.05) is 42.4 Å². The molecule has 0 atom stereocenters. The Hall–Kier alpha value is -4.04. The number of hydrogen-bond acceptors (Lipinski definition) is 3. The number of benzene rings is 3. The molecule has 0 unspecified atom stereocenters. The van der Waals surface area contributed by atoms with Gasteiger partial charge >= 0.3 is 0 Å². The molecule has 8 heteroatoms. The van der Waals surface area contributed by atoms with Crippen LogP contribution in [0, 0.1) is 11.6 Å². The second-order valence-electron chi connectivity index (χ2n) is 7.73. The van der Waals surface area contributed by atoms with E-state index in [4.69, 9.17) is 4.74 Å². The van der Waals surface area contributed by atoms with Gasteiger partial charge in [-0.2, -0.15) is 0 Å². The zero-order valence-corrected chi connectivity index (χ0v) is 18.5. The lowest BCUT2D eigenvalue weighted by Crippen LogP contribution is -2.29. The molecule has 0 bridgehead atoms. The molecule has 3 aromatic carbocycles. The number of amides is 2. The zero-order valence-electron chi connectivity index (χ0n) is 18.5. The van der Waals surface area contributed by atoms with Gasteiger partial charge in [0.15, 0.2) is 0 Å². The summed E-state index contributed by atoms with van der Waals surface area (Å²) in [6.07, 6.45) is 0. The first kappa shape index (κ1) is 23.1. The largest absolute Gasteiger partial charge is 0.383 e. The van der Waals surface area contributed by atoms with E-state index >= 15 is 0 Å². The van der Waals surface area contributed by atoms with Crippen LogP contribution in [0.1, 0.15) is 26.4 Å². The van der Waals surface area contributed by atoms with E-state index in [0.717, 1.165) is 10.9 Å². The molecule has 1 heterocycles. The maximum atomic E-state index is 13.7. The molecule has 0 radical (unpaired) electrons. The van der Waals surface area contributed by atoms with Crippen LogP contribution >= 0.6 is 0 Å². The Morgan fingerprint density at radius 1 is 0.912 bits per heavy atom. The van der Waals surface area contributed by atoms with E-state index in [1.807, 2.05) is 0 Å². The minimum atomic E-state index is -0.422. The van der Waals surface area contributed by atoms with E-state index in [1.165, 1.54) is 36.4 Å². The lowest BCUT2D eigenvalue weighted by atomic mass is 10.2. The van der Waals surface area contributed by atoms with E-state index in [0.29, 0.717) is 35.7 Å². The molecule has 0 aliphatic carbocycles. The van der Waals surface area contributed by atoms with Gasteiger partial charge in [0.05, 0.1) is 6.61 Å². The van der Waals surface area contributed by atoms with Crippen molar-refractivity contribution in [2.24, 2.45) is 0 Å². The number of carbonyl (C=O) groups is 2. The number of carbonyl (C=O) groups excluding carboxylic acids is 2. The second kappa shape index (κ2) is 10.3. The van der Waals surface area contributed by atoms with Gasteiger partial charge in [0.25, 0.3) is 11.8 Å². The standard InChI is InChI=1S/C26H23F2N3O3/c1-34-12-11-29-26(33)24-15-19-14-22(30-25(32)18-5-7-20(27)8-6-18)9-10-23(19)31(24)16-17-3-2-4-21(28)13-17/h2-10,13-15H,11-12,16H2,1H3,(H,29,33)(H,30,32). The number of anilines is 1. The number of fused-ring (bicyclic) bond motifs is 1. The third-order valence-corrected chi connectivity index (χ3v) is 5.32. The summed E-state index contributed by atoms with van der Waals surface area (Å²) >= 11 is 0. The maximum absolute atomic E-state index is 13.7. The van der Waals surface area contributed by atoms with Crippen LogP contribution in [0.4, 0.5) is 14.5 Å². The van der Waals surface area contributed by atoms with Crippen molar-refractivity contribution in [1.29, 1.82) is 0 Å². The lowest BCUT2D eigenvalue weighted by Gasteiger charge is -2.12. The predicted octanol–water partition coefficient (Wildman–Crippen LogP) is 4.60. The normalized spacial score (nSPS) is 10.9. The molecule has 0 aliphatic heterocycles. The monoisotopic (exact) mass is 463 g/mol. The van der Waals surface area contributed by atoms with Crippen LogP contribution < -0.4 is 10.6 Å². The molecule has 34 heavy (non-hydrogen) atoms. The Kier molecular flexibility index (Phi) is 6.98. The number of aromatic nitrogens is 1. The summed E-state index contributed by atoms with van der Waals surface area (Å²) in [6, 6.07) is 18.5. The van der Waals surface area contributed by atoms with Crippen LogP contribution in [0.25, 0.3) is 10.9 Å². The van der Waals surface area contributed by atoms with Crippen molar-refractivity contribution < 1.29 is 23.1 Å². The third-order valence-electron chi connectivity index (χ3n) is 5.32. The van der Waals surface area contributed by atoms with Gasteiger partial charge < -0.3 is 19.9 Å². The lowest BCUT2D eigenvalue weighted by molar-refractivity contribution is 0.0928. The highest BCUT2D eigenvalue weighted by molar-refractivity contribution is 6.06. The van der Waals surface area contributed by atoms with Gasteiger partial charge in [-0.3, -0.25) is 9.59 Å². The summed E-state index contributed by atoms with van der Waals surface area (Å²) in [5.74, 6) is -1.45. The van der Waals surface area contributed by atoms with E-state index in [9.17, 15) is 18.4 Å². The molecular weight excluding hydrogens is 440 g/mol. The van der Waals surface area contributed by atoms with Crippen molar-refractivity contribution in [3.63, 3.8) is 0 Å². The molecule has 1 aromatic heterocycles. The zero-order chi connectivity index (χ0) is 24.1. The Morgan fingerprint density at radius 3 is 2.44 bits per heavy atom. The summed E-state index contributed by atoms with van der Waals surface area (Å²) in [7, 11) is 1.55. The topological polar surface area (TPSA) is 72.4 Å². The Morgan fingerprint density at radius 2 is 1.71 bits per heavy atom. The molecule has 0 spiro atoms. The number of nitrogens with one attached hydrogen (secondary N) is 2. The van der Waals surface area contributed by atoms with Gasteiger partial charge in [0.1, 0.15) is 17.3 Å². The van der Waals surface area contributed by atoms with Gasteiger partial charge in [-0.1, -0.05) is 12.1 Å². The van der Waals surface area contributed by atoms with Crippen molar-refractivity contribution in [3.05, 3.63) is 101 Å². The SMILES string of the molecule is COCCNC(=O)c1cc2cc(NC(=O)c3ccc(F)cc3)ccc2n1Cc1cccc(F)c1. The quantitative estimate of drug-likeness (QED) is 0.375. The van der Waals surface area contributed by atoms with Crippen LogP contribution in [0.15, 0.2) is 72.8 Å². The summed E-state index contributed by atoms with van der Waals surface area (Å²) in [5, 5.41) is 6.33. The van der Waals surface area contributed by atoms with Crippen molar-refractivity contribution >= 4 is 28.4 Å². The Balaban J connectivity index is 1.66. The highest BCUT2D eigenvalue weighted by atomic mass is 19.1. The highest BCUT2D eigenvalue weighted by Crippen LogP contribution is 2.25. The van der Waals surface area contributed by atoms with Crippen molar-refractivity contribution in [1.82, 2.24) is 9.88 Å². The Labute approximate surface area is 195 Å². The molecule has 2 N–H and O–H groups in total. The van der Waals surface area contributed by atoms with Crippen molar-refractivity contribution in [2.45, 2.75) is 6.54 Å². The van der Waals surface area contributed by atoms with Crippen LogP contribution in [0.5, 0.6) is 0 Å². The molecular formula is C26H23F2N3O3. The van der Waals surface area contributed by atoms with Crippen LogP contribution in [0.2, 0.25) is 0 Å². The van der Waals surface area contributed by atoms with E-state index < -0.39 is 5.82 Å². The average Bonchev–Trinajstić information content (AvgIpc) is 3.17. The molecule has 6 nitrogen and oxygen atoms in total. The molecule has 4 rings (SSSR count). The van der Waals surface area contributed by atoms with Gasteiger partial charge in [-0.15, -0.1) is 0 Å². The summed E-state index contributed by atoms with van der Waals surface area (Å²) in [5.41, 5.74) is 2.70. The first-order chi connectivity index (χ1) is 16.4. The van der Waals surface area contributed by atoms with Crippen molar-refractivity contribution in [3.8, 4) is 0 Å². The van der Waals surface area contributed by atoms with E-state index in [-0.39, 0.29) is 24.2 Å². The van der Waals surface area contributed by atoms with Gasteiger partial charge in [-0.25, -0.2) is 8.78 Å². The first-order valence-electron chi connectivity index (χ1n) is 10.7. The van der Waals surface area contributed by atoms with E-state index in [2.05, 4.69) is 10.6 Å². The number of methoxy groups -OCH3 is 1. The molecule has 174 valence electrons. The summed E-state index contributed by atoms with van der Waals surface area (Å²) in [6.45, 7) is 1.00. The van der Waals surface area contributed by atoms with E-state index in [1.54, 1.807) is 48.1 Å². The fourth-order valence-corrected chi connectivity index (χ4v) is 3.69. The molecule has 0 aliphatic rings. The molecule has 0 saturated heterocycles. The van der Waals surface area contributed by atoms with Crippen LogP contribution in [-0.2, 0) is 11.3 Å². The van der Waals surface area contributed by atoms with Gasteiger partial charge in [0.2, 0.25) is 0 Å². The highest BCUT2D eigenvalue weighted by Gasteiger charge is 2.17. The van der Waals surface area contributed by atoms with Crippen LogP contribution in [0.3, 0.4) is 0 Å². The minimum Gasteiger partial charge on any atom is -0.383 e. The summed E-state index contributed by atoms with van der Waals surface area (Å²) < 4.78 is 33.7.